The van der Waals surface area contributed by atoms with Crippen LogP contribution in [0.15, 0.2) is 30.0 Å². The van der Waals surface area contributed by atoms with Crippen molar-refractivity contribution < 1.29 is 17.9 Å². The summed E-state index contributed by atoms with van der Waals surface area (Å²) in [6.07, 6.45) is -1.94. The minimum atomic E-state index is -4.42. The first kappa shape index (κ1) is 13.7. The summed E-state index contributed by atoms with van der Waals surface area (Å²) in [5.74, 6) is 5.90. The molecule has 1 aromatic carbocycles. The van der Waals surface area contributed by atoms with Crippen molar-refractivity contribution in [2.24, 2.45) is 5.84 Å². The number of halogens is 3. The molecule has 0 radical (unpaired) electrons. The molecule has 1 aliphatic heterocycles. The van der Waals surface area contributed by atoms with Crippen molar-refractivity contribution in [2.45, 2.75) is 18.6 Å². The van der Waals surface area contributed by atoms with Gasteiger partial charge in [-0.2, -0.15) is 13.2 Å². The molecular weight excluding hydrogens is 259 g/mol. The smallest absolute Gasteiger partial charge is 0.416 e. The third kappa shape index (κ3) is 2.82. The van der Waals surface area contributed by atoms with Gasteiger partial charge in [-0.1, -0.05) is 0 Å². The molecule has 0 fully saturated rings. The van der Waals surface area contributed by atoms with E-state index in [0.717, 1.165) is 12.1 Å². The van der Waals surface area contributed by atoms with Crippen LogP contribution >= 0.6 is 0 Å². The third-order valence-electron chi connectivity index (χ3n) is 2.91. The molecule has 0 amide bonds. The van der Waals surface area contributed by atoms with Gasteiger partial charge in [0.2, 0.25) is 0 Å². The van der Waals surface area contributed by atoms with Crippen molar-refractivity contribution in [3.63, 3.8) is 0 Å². The van der Waals surface area contributed by atoms with E-state index in [-0.39, 0.29) is 11.3 Å². The number of nitrogens with two attached hydrogens (primary N) is 2. The van der Waals surface area contributed by atoms with E-state index in [1.54, 1.807) is 6.08 Å². The van der Waals surface area contributed by atoms with Gasteiger partial charge in [-0.15, -0.1) is 0 Å². The maximum atomic E-state index is 12.7. The van der Waals surface area contributed by atoms with Crippen LogP contribution in [-0.2, 0) is 10.9 Å². The average Bonchev–Trinajstić information content (AvgIpc) is 2.84. The van der Waals surface area contributed by atoms with Crippen LogP contribution in [0.4, 0.5) is 18.9 Å². The molecule has 0 spiro atoms. The van der Waals surface area contributed by atoms with Gasteiger partial charge in [-0.25, -0.2) is 5.43 Å². The first-order chi connectivity index (χ1) is 8.93. The van der Waals surface area contributed by atoms with Gasteiger partial charge < -0.3 is 10.5 Å². The van der Waals surface area contributed by atoms with Gasteiger partial charge in [-0.3, -0.25) is 5.84 Å². The van der Waals surface area contributed by atoms with Crippen molar-refractivity contribution in [1.29, 1.82) is 0 Å². The van der Waals surface area contributed by atoms with E-state index in [0.29, 0.717) is 18.8 Å². The summed E-state index contributed by atoms with van der Waals surface area (Å²) in [6, 6.07) is 2.47. The number of anilines is 1. The Morgan fingerprint density at radius 2 is 2.05 bits per heavy atom. The van der Waals surface area contributed by atoms with Crippen molar-refractivity contribution >= 4 is 5.69 Å². The van der Waals surface area contributed by atoms with Gasteiger partial charge in [0.05, 0.1) is 12.2 Å². The fourth-order valence-corrected chi connectivity index (χ4v) is 1.96. The molecule has 0 bridgehead atoms. The van der Waals surface area contributed by atoms with Gasteiger partial charge in [-0.05, 0) is 24.3 Å². The Kier molecular flexibility index (Phi) is 3.68. The first-order valence-corrected chi connectivity index (χ1v) is 5.69. The van der Waals surface area contributed by atoms with E-state index in [4.69, 9.17) is 16.3 Å². The largest absolute Gasteiger partial charge is 0.496 e. The molecule has 7 heteroatoms. The lowest BCUT2D eigenvalue weighted by Gasteiger charge is -2.20. The molecule has 0 saturated heterocycles. The molecule has 19 heavy (non-hydrogen) atoms. The predicted molar refractivity (Wildman–Crippen MR) is 64.6 cm³/mol. The highest BCUT2D eigenvalue weighted by Crippen LogP contribution is 2.35. The first-order valence-electron chi connectivity index (χ1n) is 5.69. The SMILES string of the molecule is NNC(C1=CCCO1)c1cc(C(F)(F)F)ccc1N. The molecule has 1 heterocycles. The maximum Gasteiger partial charge on any atom is 0.416 e. The van der Waals surface area contributed by atoms with Crippen molar-refractivity contribution in [3.8, 4) is 0 Å². The van der Waals surface area contributed by atoms with Crippen LogP contribution in [0.2, 0.25) is 0 Å². The Hall–Kier alpha value is -1.73. The fourth-order valence-electron chi connectivity index (χ4n) is 1.96. The molecule has 1 aromatic rings. The third-order valence-corrected chi connectivity index (χ3v) is 2.91. The highest BCUT2D eigenvalue weighted by atomic mass is 19.4. The van der Waals surface area contributed by atoms with Gasteiger partial charge in [0.1, 0.15) is 11.8 Å². The molecule has 1 aliphatic rings. The van der Waals surface area contributed by atoms with Gasteiger partial charge in [0, 0.05) is 17.7 Å². The van der Waals surface area contributed by atoms with Crippen LogP contribution in [0.3, 0.4) is 0 Å². The van der Waals surface area contributed by atoms with Crippen molar-refractivity contribution in [2.75, 3.05) is 12.3 Å². The summed E-state index contributed by atoms with van der Waals surface area (Å²) in [4.78, 5) is 0. The Balaban J connectivity index is 2.41. The van der Waals surface area contributed by atoms with Crippen LogP contribution in [0.5, 0.6) is 0 Å². The Morgan fingerprint density at radius 1 is 1.32 bits per heavy atom. The number of hydrazine groups is 1. The number of benzene rings is 1. The predicted octanol–water partition coefficient (Wildman–Crippen LogP) is 2.10. The molecule has 0 aliphatic carbocycles. The number of alkyl halides is 3. The summed E-state index contributed by atoms with van der Waals surface area (Å²) in [6.45, 7) is 0.492. The highest BCUT2D eigenvalue weighted by Gasteiger charge is 2.32. The maximum absolute atomic E-state index is 12.7. The molecule has 104 valence electrons. The molecule has 0 aromatic heterocycles. The topological polar surface area (TPSA) is 73.3 Å². The quantitative estimate of drug-likeness (QED) is 0.448. The summed E-state index contributed by atoms with van der Waals surface area (Å²) in [5.41, 5.74) is 7.89. The molecule has 0 saturated carbocycles. The second kappa shape index (κ2) is 5.10. The minimum Gasteiger partial charge on any atom is -0.496 e. The summed E-state index contributed by atoms with van der Waals surface area (Å²) < 4.78 is 43.4. The summed E-state index contributed by atoms with van der Waals surface area (Å²) >= 11 is 0. The fraction of sp³-hybridized carbons (Fsp3) is 0.333. The number of nitrogens with one attached hydrogen (secondary N) is 1. The van der Waals surface area contributed by atoms with Crippen LogP contribution in [0, 0.1) is 0 Å². The van der Waals surface area contributed by atoms with Crippen LogP contribution in [0.25, 0.3) is 0 Å². The average molecular weight is 273 g/mol. The zero-order chi connectivity index (χ0) is 14.0. The van der Waals surface area contributed by atoms with Gasteiger partial charge in [0.25, 0.3) is 0 Å². The van der Waals surface area contributed by atoms with Crippen LogP contribution in [0.1, 0.15) is 23.6 Å². The summed E-state index contributed by atoms with van der Waals surface area (Å²) in [7, 11) is 0. The zero-order valence-electron chi connectivity index (χ0n) is 10.00. The molecule has 4 nitrogen and oxygen atoms in total. The lowest BCUT2D eigenvalue weighted by Crippen LogP contribution is -2.30. The normalized spacial score (nSPS) is 16.9. The van der Waals surface area contributed by atoms with Crippen LogP contribution < -0.4 is 17.0 Å². The number of hydrogen-bond acceptors (Lipinski definition) is 4. The van der Waals surface area contributed by atoms with Gasteiger partial charge >= 0.3 is 6.18 Å². The number of ether oxygens (including phenoxy) is 1. The van der Waals surface area contributed by atoms with E-state index in [2.05, 4.69) is 5.43 Å². The molecular formula is C12H14F3N3O. The second-order valence-corrected chi connectivity index (χ2v) is 4.18. The lowest BCUT2D eigenvalue weighted by molar-refractivity contribution is -0.137. The minimum absolute atomic E-state index is 0.229. The standard InChI is InChI=1S/C12H14F3N3O/c13-12(14,15)7-3-4-9(16)8(6-7)11(18-17)10-2-1-5-19-10/h2-4,6,11,18H,1,5,16-17H2. The lowest BCUT2D eigenvalue weighted by atomic mass is 10.00. The summed E-state index contributed by atoms with van der Waals surface area (Å²) in [5, 5.41) is 0. The Bertz CT molecular complexity index is 499. The Labute approximate surface area is 108 Å². The monoisotopic (exact) mass is 273 g/mol. The molecule has 2 rings (SSSR count). The van der Waals surface area contributed by atoms with Crippen molar-refractivity contribution in [3.05, 3.63) is 41.2 Å². The van der Waals surface area contributed by atoms with E-state index in [1.807, 2.05) is 0 Å². The molecule has 1 atom stereocenters. The number of nitrogen functional groups attached to an aromatic ring is 1. The Morgan fingerprint density at radius 3 is 2.58 bits per heavy atom. The van der Waals surface area contributed by atoms with E-state index >= 15 is 0 Å². The number of hydrogen-bond donors (Lipinski definition) is 3. The highest BCUT2D eigenvalue weighted by molar-refractivity contribution is 5.52. The molecule has 1 unspecified atom stereocenters. The molecule has 5 N–H and O–H groups in total. The second-order valence-electron chi connectivity index (χ2n) is 4.18. The van der Waals surface area contributed by atoms with Crippen molar-refractivity contribution in [1.82, 2.24) is 5.43 Å². The van der Waals surface area contributed by atoms with Gasteiger partial charge in [0.15, 0.2) is 0 Å². The van der Waals surface area contributed by atoms with E-state index in [9.17, 15) is 13.2 Å². The van der Waals surface area contributed by atoms with Crippen LogP contribution in [-0.4, -0.2) is 6.61 Å². The van der Waals surface area contributed by atoms with E-state index in [1.165, 1.54) is 6.07 Å². The zero-order valence-corrected chi connectivity index (χ0v) is 10.00. The number of rotatable bonds is 3. The van der Waals surface area contributed by atoms with E-state index < -0.39 is 17.8 Å².